The number of nitrogens with two attached hydrogens (primary N) is 1. The third-order valence-electron chi connectivity index (χ3n) is 4.57. The molecule has 0 radical (unpaired) electrons. The molecule has 3 heterocycles. The van der Waals surface area contributed by atoms with E-state index in [1.165, 1.54) is 0 Å². The van der Waals surface area contributed by atoms with Gasteiger partial charge in [-0.05, 0) is 41.8 Å². The minimum atomic E-state index is -0.198. The fraction of sp³-hybridized carbons (Fsp3) is 0.0909. The lowest BCUT2D eigenvalue weighted by Gasteiger charge is -2.08. The number of pyridine rings is 1. The van der Waals surface area contributed by atoms with E-state index in [0.29, 0.717) is 29.4 Å². The monoisotopic (exact) mass is 418 g/mol. The molecular formula is C22H19ClN6O. The van der Waals surface area contributed by atoms with Crippen LogP contribution in [0.5, 0.6) is 0 Å². The average molecular weight is 419 g/mol. The maximum absolute atomic E-state index is 12.5. The van der Waals surface area contributed by atoms with Gasteiger partial charge in [-0.3, -0.25) is 9.78 Å². The highest BCUT2D eigenvalue weighted by Crippen LogP contribution is 2.32. The van der Waals surface area contributed by atoms with Crippen LogP contribution in [-0.2, 0) is 6.42 Å². The Morgan fingerprint density at radius 2 is 2.03 bits per heavy atom. The molecule has 0 saturated heterocycles. The van der Waals surface area contributed by atoms with Crippen molar-refractivity contribution in [1.29, 1.82) is 0 Å². The Hall–Kier alpha value is -3.71. The molecular weight excluding hydrogens is 400 g/mol. The van der Waals surface area contributed by atoms with E-state index in [9.17, 15) is 4.79 Å². The molecule has 0 aliphatic carbocycles. The number of carbonyl (C=O) groups excluding carboxylic acids is 1. The van der Waals surface area contributed by atoms with E-state index in [1.54, 1.807) is 36.9 Å². The number of H-pyrrole nitrogens is 1. The Labute approximate surface area is 178 Å². The number of hydrogen-bond donors (Lipinski definition) is 3. The molecule has 150 valence electrons. The molecule has 0 fully saturated rings. The van der Waals surface area contributed by atoms with Gasteiger partial charge in [-0.1, -0.05) is 29.8 Å². The van der Waals surface area contributed by atoms with Crippen molar-refractivity contribution in [3.05, 3.63) is 83.5 Å². The van der Waals surface area contributed by atoms with E-state index in [4.69, 9.17) is 17.3 Å². The SMILES string of the molecule is Nc1ncc(-c2cccc(Cl)c2)c(-c2c[nH]c(C(=O)NCCc3cccnc3)c2)n1. The highest BCUT2D eigenvalue weighted by Gasteiger charge is 2.15. The Kier molecular flexibility index (Phi) is 5.72. The Morgan fingerprint density at radius 1 is 1.13 bits per heavy atom. The van der Waals surface area contributed by atoms with Gasteiger partial charge in [0, 0.05) is 47.5 Å². The predicted octanol–water partition coefficient (Wildman–Crippen LogP) is 3.74. The number of aromatic nitrogens is 4. The van der Waals surface area contributed by atoms with Crippen molar-refractivity contribution >= 4 is 23.5 Å². The molecule has 0 bridgehead atoms. The van der Waals surface area contributed by atoms with E-state index >= 15 is 0 Å². The second-order valence-electron chi connectivity index (χ2n) is 6.67. The lowest BCUT2D eigenvalue weighted by atomic mass is 10.0. The normalized spacial score (nSPS) is 10.7. The highest BCUT2D eigenvalue weighted by atomic mass is 35.5. The second-order valence-corrected chi connectivity index (χ2v) is 7.11. The van der Waals surface area contributed by atoms with E-state index in [-0.39, 0.29) is 11.9 Å². The molecule has 4 rings (SSSR count). The van der Waals surface area contributed by atoms with E-state index < -0.39 is 0 Å². The van der Waals surface area contributed by atoms with Gasteiger partial charge >= 0.3 is 0 Å². The number of halogens is 1. The molecule has 8 heteroatoms. The van der Waals surface area contributed by atoms with Crippen LogP contribution in [0.15, 0.2) is 67.3 Å². The van der Waals surface area contributed by atoms with Gasteiger partial charge < -0.3 is 16.0 Å². The molecule has 30 heavy (non-hydrogen) atoms. The molecule has 0 aliphatic heterocycles. The average Bonchev–Trinajstić information content (AvgIpc) is 3.25. The van der Waals surface area contributed by atoms with Gasteiger partial charge in [-0.15, -0.1) is 0 Å². The minimum absolute atomic E-state index is 0.152. The maximum atomic E-state index is 12.5. The van der Waals surface area contributed by atoms with Crippen molar-refractivity contribution in [2.45, 2.75) is 6.42 Å². The zero-order chi connectivity index (χ0) is 20.9. The van der Waals surface area contributed by atoms with Crippen LogP contribution in [-0.4, -0.2) is 32.4 Å². The third-order valence-corrected chi connectivity index (χ3v) is 4.80. The van der Waals surface area contributed by atoms with Crippen LogP contribution in [0.4, 0.5) is 5.95 Å². The lowest BCUT2D eigenvalue weighted by Crippen LogP contribution is -2.25. The summed E-state index contributed by atoms with van der Waals surface area (Å²) in [5, 5.41) is 3.51. The second kappa shape index (κ2) is 8.75. The number of aromatic amines is 1. The van der Waals surface area contributed by atoms with Gasteiger partial charge in [0.2, 0.25) is 5.95 Å². The van der Waals surface area contributed by atoms with Gasteiger partial charge in [0.05, 0.1) is 5.69 Å². The Bertz CT molecular complexity index is 1180. The number of benzene rings is 1. The van der Waals surface area contributed by atoms with E-state index in [2.05, 4.69) is 25.3 Å². The van der Waals surface area contributed by atoms with Crippen molar-refractivity contribution in [3.8, 4) is 22.4 Å². The molecule has 3 aromatic heterocycles. The van der Waals surface area contributed by atoms with Crippen molar-refractivity contribution in [2.75, 3.05) is 12.3 Å². The van der Waals surface area contributed by atoms with Gasteiger partial charge in [-0.2, -0.15) is 0 Å². The fourth-order valence-electron chi connectivity index (χ4n) is 3.11. The van der Waals surface area contributed by atoms with Gasteiger partial charge in [0.1, 0.15) is 5.69 Å². The fourth-order valence-corrected chi connectivity index (χ4v) is 3.30. The van der Waals surface area contributed by atoms with Gasteiger partial charge in [0.25, 0.3) is 5.91 Å². The predicted molar refractivity (Wildman–Crippen MR) is 117 cm³/mol. The van der Waals surface area contributed by atoms with Crippen molar-refractivity contribution < 1.29 is 4.79 Å². The standard InChI is InChI=1S/C22H19ClN6O/c23-17-5-1-4-15(9-17)18-13-28-22(24)29-20(18)16-10-19(27-12-16)21(30)26-8-6-14-3-2-7-25-11-14/h1-5,7,9-13,27H,6,8H2,(H,26,30)(H2,24,28,29). The summed E-state index contributed by atoms with van der Waals surface area (Å²) in [7, 11) is 0. The number of nitrogen functional groups attached to an aromatic ring is 1. The molecule has 1 amide bonds. The molecule has 1 aromatic carbocycles. The number of hydrogen-bond acceptors (Lipinski definition) is 5. The first-order chi connectivity index (χ1) is 14.6. The number of nitrogens with one attached hydrogen (secondary N) is 2. The molecule has 4 N–H and O–H groups in total. The Morgan fingerprint density at radius 3 is 2.83 bits per heavy atom. The summed E-state index contributed by atoms with van der Waals surface area (Å²) in [6, 6.07) is 13.0. The van der Waals surface area contributed by atoms with Crippen LogP contribution in [0.1, 0.15) is 16.1 Å². The minimum Gasteiger partial charge on any atom is -0.368 e. The quantitative estimate of drug-likeness (QED) is 0.442. The van der Waals surface area contributed by atoms with Crippen molar-refractivity contribution in [2.24, 2.45) is 0 Å². The number of carbonyl (C=O) groups is 1. The molecule has 0 aliphatic rings. The zero-order valence-corrected chi connectivity index (χ0v) is 16.7. The topological polar surface area (TPSA) is 110 Å². The first-order valence-electron chi connectivity index (χ1n) is 9.34. The maximum Gasteiger partial charge on any atom is 0.267 e. The summed E-state index contributed by atoms with van der Waals surface area (Å²) >= 11 is 6.13. The Balaban J connectivity index is 1.53. The van der Waals surface area contributed by atoms with Crippen LogP contribution in [0.2, 0.25) is 5.02 Å². The largest absolute Gasteiger partial charge is 0.368 e. The summed E-state index contributed by atoms with van der Waals surface area (Å²) < 4.78 is 0. The molecule has 0 saturated carbocycles. The van der Waals surface area contributed by atoms with Crippen LogP contribution in [0.25, 0.3) is 22.4 Å². The molecule has 0 unspecified atom stereocenters. The number of nitrogens with zero attached hydrogens (tertiary/aromatic N) is 3. The van der Waals surface area contributed by atoms with Gasteiger partial charge in [0.15, 0.2) is 0 Å². The van der Waals surface area contributed by atoms with Crippen molar-refractivity contribution in [1.82, 2.24) is 25.3 Å². The molecule has 7 nitrogen and oxygen atoms in total. The first-order valence-corrected chi connectivity index (χ1v) is 9.72. The van der Waals surface area contributed by atoms with Crippen LogP contribution >= 0.6 is 11.6 Å². The lowest BCUT2D eigenvalue weighted by molar-refractivity contribution is 0.0950. The zero-order valence-electron chi connectivity index (χ0n) is 16.0. The van der Waals surface area contributed by atoms with Crippen LogP contribution in [0, 0.1) is 0 Å². The number of rotatable bonds is 6. The molecule has 4 aromatic rings. The van der Waals surface area contributed by atoms with E-state index in [0.717, 1.165) is 22.3 Å². The summed E-state index contributed by atoms with van der Waals surface area (Å²) in [5.74, 6) is -0.0454. The number of amides is 1. The third kappa shape index (κ3) is 4.47. The summed E-state index contributed by atoms with van der Waals surface area (Å²) in [5.41, 5.74) is 10.3. The molecule has 0 spiro atoms. The van der Waals surface area contributed by atoms with Crippen LogP contribution < -0.4 is 11.1 Å². The summed E-state index contributed by atoms with van der Waals surface area (Å²) in [6.07, 6.45) is 7.60. The van der Waals surface area contributed by atoms with Crippen LogP contribution in [0.3, 0.4) is 0 Å². The van der Waals surface area contributed by atoms with Gasteiger partial charge in [-0.25, -0.2) is 9.97 Å². The number of anilines is 1. The molecule has 0 atom stereocenters. The van der Waals surface area contributed by atoms with E-state index in [1.807, 2.05) is 30.3 Å². The summed E-state index contributed by atoms with van der Waals surface area (Å²) in [6.45, 7) is 0.507. The first kappa shape index (κ1) is 19.6. The summed E-state index contributed by atoms with van der Waals surface area (Å²) in [4.78, 5) is 28.1. The highest BCUT2D eigenvalue weighted by molar-refractivity contribution is 6.30. The smallest absolute Gasteiger partial charge is 0.267 e. The van der Waals surface area contributed by atoms with Crippen molar-refractivity contribution in [3.63, 3.8) is 0 Å².